The van der Waals surface area contributed by atoms with Gasteiger partial charge in [0.05, 0.1) is 0 Å². The number of ether oxygens (including phenoxy) is 4. The van der Waals surface area contributed by atoms with Gasteiger partial charge in [0.2, 0.25) is 46.5 Å². The van der Waals surface area contributed by atoms with E-state index < -0.39 is 170 Å². The molecule has 0 amide bonds. The molecule has 0 heterocycles. The van der Waals surface area contributed by atoms with Crippen molar-refractivity contribution in [3.63, 3.8) is 0 Å². The first-order valence-corrected chi connectivity index (χ1v) is 15.4. The Kier molecular flexibility index (Phi) is 13.0. The van der Waals surface area contributed by atoms with Gasteiger partial charge in [0.1, 0.15) is 79.1 Å². The van der Waals surface area contributed by atoms with Crippen LogP contribution < -0.4 is 40.8 Å². The second-order valence-electron chi connectivity index (χ2n) is 11.3. The van der Waals surface area contributed by atoms with Crippen LogP contribution in [0.15, 0.2) is 50.6 Å². The lowest BCUT2D eigenvalue weighted by atomic mass is 9.12. The van der Waals surface area contributed by atoms with Gasteiger partial charge in [0, 0.05) is 0 Å². The number of hydrogen-bond donors (Lipinski definition) is 0. The lowest BCUT2D eigenvalue weighted by Gasteiger charge is -2.45. The fourth-order valence-corrected chi connectivity index (χ4v) is 5.98. The van der Waals surface area contributed by atoms with Crippen molar-refractivity contribution in [3.8, 4) is 23.0 Å². The molecule has 4 aromatic rings. The number of rotatable bonds is 16. The molecule has 0 saturated heterocycles. The third kappa shape index (κ3) is 6.81. The number of hydrogen-bond acceptors (Lipinski definition) is 4. The fraction of sp³-hybridized carbons (Fsp3) is 0.111. The highest BCUT2D eigenvalue weighted by molar-refractivity contribution is 7.20. The fourth-order valence-electron chi connectivity index (χ4n) is 5.98. The van der Waals surface area contributed by atoms with Crippen molar-refractivity contribution in [3.05, 3.63) is 144 Å². The molecule has 0 fully saturated rings. The molecular formula is C36H20BF16O4-. The summed E-state index contributed by atoms with van der Waals surface area (Å²) >= 11 is 0. The summed E-state index contributed by atoms with van der Waals surface area (Å²) in [5.74, 6) is -58.5. The van der Waals surface area contributed by atoms with E-state index in [-0.39, 0.29) is 0 Å². The molecule has 0 unspecified atom stereocenters. The zero-order chi connectivity index (χ0) is 42.8. The first kappa shape index (κ1) is 43.7. The maximum absolute atomic E-state index is 16.5. The third-order valence-electron chi connectivity index (χ3n) is 8.14. The van der Waals surface area contributed by atoms with E-state index >= 15 is 70.2 Å². The van der Waals surface area contributed by atoms with E-state index in [4.69, 9.17) is 0 Å². The third-order valence-corrected chi connectivity index (χ3v) is 8.14. The first-order valence-electron chi connectivity index (χ1n) is 15.4. The van der Waals surface area contributed by atoms with Crippen molar-refractivity contribution in [1.82, 2.24) is 0 Å². The van der Waals surface area contributed by atoms with Gasteiger partial charge < -0.3 is 18.9 Å². The van der Waals surface area contributed by atoms with Crippen LogP contribution in [-0.4, -0.2) is 32.6 Å². The molecule has 0 bridgehead atoms. The molecule has 0 saturated carbocycles. The Balaban J connectivity index is 2.61. The van der Waals surface area contributed by atoms with Crippen molar-refractivity contribution in [2.24, 2.45) is 0 Å². The largest absolute Gasteiger partial charge is 0.483 e. The van der Waals surface area contributed by atoms with Gasteiger partial charge in [-0.15, -0.1) is 21.9 Å². The highest BCUT2D eigenvalue weighted by atomic mass is 19.2. The van der Waals surface area contributed by atoms with Crippen molar-refractivity contribution in [1.29, 1.82) is 0 Å². The van der Waals surface area contributed by atoms with Crippen LogP contribution in [0.2, 0.25) is 0 Å². The predicted molar refractivity (Wildman–Crippen MR) is 172 cm³/mol. The van der Waals surface area contributed by atoms with E-state index in [0.29, 0.717) is 24.3 Å². The Morgan fingerprint density at radius 3 is 0.544 bits per heavy atom. The Labute approximate surface area is 310 Å². The zero-order valence-electron chi connectivity index (χ0n) is 28.2. The molecule has 21 heteroatoms. The molecule has 0 N–H and O–H groups in total. The van der Waals surface area contributed by atoms with Crippen molar-refractivity contribution < 1.29 is 89.2 Å². The second kappa shape index (κ2) is 17.0. The highest BCUT2D eigenvalue weighted by Gasteiger charge is 2.52. The molecule has 0 radical (unpaired) electrons. The van der Waals surface area contributed by atoms with E-state index in [1.807, 2.05) is 0 Å². The second-order valence-corrected chi connectivity index (χ2v) is 11.3. The summed E-state index contributed by atoms with van der Waals surface area (Å²) in [4.78, 5) is 0. The van der Waals surface area contributed by atoms with Gasteiger partial charge in [0.15, 0.2) is 23.0 Å². The quantitative estimate of drug-likeness (QED) is 0.0507. The molecule has 4 aromatic carbocycles. The average molecular weight is 831 g/mol. The van der Waals surface area contributed by atoms with Crippen LogP contribution in [0.1, 0.15) is 0 Å². The molecule has 4 nitrogen and oxygen atoms in total. The van der Waals surface area contributed by atoms with Gasteiger partial charge in [-0.1, -0.05) is 50.6 Å². The molecule has 0 atom stereocenters. The van der Waals surface area contributed by atoms with Crippen LogP contribution >= 0.6 is 0 Å². The Hall–Kier alpha value is -6.02. The summed E-state index contributed by atoms with van der Waals surface area (Å²) in [6.07, 6.45) is -4.13. The molecular weight excluding hydrogens is 811 g/mol. The highest BCUT2D eigenvalue weighted by Crippen LogP contribution is 2.36. The summed E-state index contributed by atoms with van der Waals surface area (Å²) < 4.78 is 276. The van der Waals surface area contributed by atoms with Crippen LogP contribution in [0.4, 0.5) is 70.2 Å². The van der Waals surface area contributed by atoms with Crippen LogP contribution in [0.3, 0.4) is 0 Å². The average Bonchev–Trinajstić information content (AvgIpc) is 3.18. The van der Waals surface area contributed by atoms with Gasteiger partial charge in [0.25, 0.3) is 0 Å². The van der Waals surface area contributed by atoms with Gasteiger partial charge in [-0.3, -0.25) is 0 Å². The summed E-state index contributed by atoms with van der Waals surface area (Å²) in [5, 5.41) is 0. The van der Waals surface area contributed by atoms with Gasteiger partial charge >= 0.3 is 0 Å². The van der Waals surface area contributed by atoms with Crippen LogP contribution in [0, 0.1) is 93.1 Å². The molecule has 57 heavy (non-hydrogen) atoms. The lowest BCUT2D eigenvalue weighted by molar-refractivity contribution is 0.302. The monoisotopic (exact) mass is 831 g/mol. The van der Waals surface area contributed by atoms with E-state index in [0.717, 1.165) is 0 Å². The standard InChI is InChI=1S/C36H20BF16O4/c1-5-9-54-33-25(46)17(38)13(18(39)26(33)47)37(14-19(40)27(48)34(55-10-6-2)28(49)20(14)41,15-21(42)29(50)35(56-11-7-3)30(51)22(15)43)16-23(44)31(52)36(57-12-8-4)32(53)24(16)45/h5-8H,1-4,9-12H2/q-1. The minimum absolute atomic E-state index is 0.696. The molecule has 4 rings (SSSR count). The SMILES string of the molecule is C=CCOc1c(F)c(F)c([B-](c2c(F)c(F)c(OCC=C)c(F)c2F)(c2c(F)c(F)c(OCC=C)c(F)c2F)c2c(F)c(F)c(OCC=C)c(F)c2F)c(F)c1F. The smallest absolute Gasteiger partial charge is 0.200 e. The summed E-state index contributed by atoms with van der Waals surface area (Å²) in [6.45, 7) is 8.16. The number of benzene rings is 4. The van der Waals surface area contributed by atoms with Crippen LogP contribution in [0.5, 0.6) is 23.0 Å². The number of halogens is 16. The molecule has 0 aliphatic rings. The first-order chi connectivity index (χ1) is 26.9. The molecule has 304 valence electrons. The van der Waals surface area contributed by atoms with E-state index in [1.165, 1.54) is 0 Å². The van der Waals surface area contributed by atoms with Gasteiger partial charge in [-0.05, 0) is 0 Å². The van der Waals surface area contributed by atoms with E-state index in [2.05, 4.69) is 45.3 Å². The van der Waals surface area contributed by atoms with Gasteiger partial charge in [-0.25, -0.2) is 35.1 Å². The van der Waals surface area contributed by atoms with Crippen LogP contribution in [-0.2, 0) is 0 Å². The summed E-state index contributed by atoms with van der Waals surface area (Å²) in [5.41, 5.74) is -12.8. The molecule has 0 aromatic heterocycles. The predicted octanol–water partition coefficient (Wildman–Crippen LogP) is 7.55. The molecule has 0 aliphatic carbocycles. The Morgan fingerprint density at radius 2 is 0.421 bits per heavy atom. The maximum atomic E-state index is 16.5. The summed E-state index contributed by atoms with van der Waals surface area (Å²) in [7, 11) is 0. The maximum Gasteiger partial charge on any atom is 0.200 e. The molecule has 0 spiro atoms. The minimum atomic E-state index is -6.92. The lowest BCUT2D eigenvalue weighted by Crippen LogP contribution is -2.81. The Bertz CT molecular complexity index is 1890. The van der Waals surface area contributed by atoms with E-state index in [9.17, 15) is 0 Å². The molecule has 0 aliphatic heterocycles. The van der Waals surface area contributed by atoms with Crippen molar-refractivity contribution in [2.45, 2.75) is 0 Å². The topological polar surface area (TPSA) is 36.9 Å². The van der Waals surface area contributed by atoms with Crippen molar-refractivity contribution >= 4 is 28.0 Å². The Morgan fingerprint density at radius 1 is 0.281 bits per heavy atom. The van der Waals surface area contributed by atoms with Crippen LogP contribution in [0.25, 0.3) is 0 Å². The summed E-state index contributed by atoms with van der Waals surface area (Å²) in [6, 6.07) is 0. The minimum Gasteiger partial charge on any atom is -0.483 e. The normalized spacial score (nSPS) is 11.4. The van der Waals surface area contributed by atoms with E-state index in [1.54, 1.807) is 0 Å². The van der Waals surface area contributed by atoms with Crippen molar-refractivity contribution in [2.75, 3.05) is 26.4 Å². The zero-order valence-corrected chi connectivity index (χ0v) is 28.2. The van der Waals surface area contributed by atoms with Gasteiger partial charge in [-0.2, -0.15) is 35.1 Å².